The van der Waals surface area contributed by atoms with E-state index in [9.17, 15) is 10.2 Å². The zero-order valence-corrected chi connectivity index (χ0v) is 9.90. The molecule has 0 saturated carbocycles. The number of methoxy groups -OCH3 is 1. The van der Waals surface area contributed by atoms with Crippen LogP contribution in [0.5, 0.6) is 11.5 Å². The number of aliphatic hydroxyl groups is 1. The largest absolute Gasteiger partial charge is 0.508 e. The number of rotatable bonds is 4. The van der Waals surface area contributed by atoms with Crippen molar-refractivity contribution in [1.29, 1.82) is 0 Å². The van der Waals surface area contributed by atoms with Gasteiger partial charge >= 0.3 is 0 Å². The van der Waals surface area contributed by atoms with Crippen molar-refractivity contribution in [2.75, 3.05) is 13.7 Å². The molecule has 0 unspecified atom stereocenters. The molecule has 0 bridgehead atoms. The van der Waals surface area contributed by atoms with Gasteiger partial charge < -0.3 is 20.7 Å². The van der Waals surface area contributed by atoms with E-state index in [1.807, 2.05) is 13.8 Å². The third-order valence-electron chi connectivity index (χ3n) is 2.80. The quantitative estimate of drug-likeness (QED) is 0.724. The number of benzene rings is 1. The second-order valence-corrected chi connectivity index (χ2v) is 4.55. The molecule has 0 spiro atoms. The molecule has 1 aromatic carbocycles. The van der Waals surface area contributed by atoms with Gasteiger partial charge in [0.25, 0.3) is 0 Å². The predicted octanol–water partition coefficient (Wildman–Crippen LogP) is 1.42. The van der Waals surface area contributed by atoms with Crippen LogP contribution in [0.2, 0.25) is 0 Å². The van der Waals surface area contributed by atoms with Crippen molar-refractivity contribution in [3.63, 3.8) is 0 Å². The minimum absolute atomic E-state index is 0.0157. The van der Waals surface area contributed by atoms with Gasteiger partial charge in [-0.1, -0.05) is 19.9 Å². The summed E-state index contributed by atoms with van der Waals surface area (Å²) < 4.78 is 5.17. The number of hydrogen-bond acceptors (Lipinski definition) is 4. The highest BCUT2D eigenvalue weighted by Crippen LogP contribution is 2.36. The van der Waals surface area contributed by atoms with Crippen LogP contribution in [-0.4, -0.2) is 23.9 Å². The molecule has 4 nitrogen and oxygen atoms in total. The molecule has 4 N–H and O–H groups in total. The summed E-state index contributed by atoms with van der Waals surface area (Å²) in [7, 11) is 1.52. The number of ether oxygens (including phenoxy) is 1. The van der Waals surface area contributed by atoms with E-state index in [1.165, 1.54) is 13.2 Å². The minimum atomic E-state index is -0.440. The van der Waals surface area contributed by atoms with Crippen LogP contribution in [0.15, 0.2) is 18.2 Å². The van der Waals surface area contributed by atoms with Crippen LogP contribution in [0.1, 0.15) is 25.5 Å². The van der Waals surface area contributed by atoms with Gasteiger partial charge in [0.05, 0.1) is 7.11 Å². The molecule has 90 valence electrons. The molecule has 0 radical (unpaired) electrons. The number of aromatic hydroxyl groups is 1. The Kier molecular flexibility index (Phi) is 3.78. The van der Waals surface area contributed by atoms with Crippen molar-refractivity contribution in [1.82, 2.24) is 0 Å². The molecule has 0 saturated heterocycles. The lowest BCUT2D eigenvalue weighted by atomic mass is 9.81. The zero-order chi connectivity index (χ0) is 12.3. The second kappa shape index (κ2) is 4.72. The maximum atomic E-state index is 9.34. The molecule has 0 amide bonds. The average molecular weight is 225 g/mol. The van der Waals surface area contributed by atoms with Crippen molar-refractivity contribution < 1.29 is 14.9 Å². The summed E-state index contributed by atoms with van der Waals surface area (Å²) in [6.45, 7) is 3.74. The van der Waals surface area contributed by atoms with E-state index in [2.05, 4.69) is 0 Å². The Balaban J connectivity index is 3.13. The Labute approximate surface area is 95.7 Å². The van der Waals surface area contributed by atoms with Gasteiger partial charge in [-0.15, -0.1) is 0 Å². The zero-order valence-electron chi connectivity index (χ0n) is 9.90. The molecule has 1 aromatic rings. The SMILES string of the molecule is COc1cc(O)ccc1[C@@H](N)C(C)(C)CO. The van der Waals surface area contributed by atoms with Crippen molar-refractivity contribution in [3.8, 4) is 11.5 Å². The molecular weight excluding hydrogens is 206 g/mol. The Morgan fingerprint density at radius 2 is 2.06 bits per heavy atom. The maximum Gasteiger partial charge on any atom is 0.127 e. The van der Waals surface area contributed by atoms with E-state index in [1.54, 1.807) is 12.1 Å². The van der Waals surface area contributed by atoms with Crippen LogP contribution >= 0.6 is 0 Å². The lowest BCUT2D eigenvalue weighted by Gasteiger charge is -2.30. The van der Waals surface area contributed by atoms with E-state index in [-0.39, 0.29) is 18.4 Å². The first kappa shape index (κ1) is 12.8. The van der Waals surface area contributed by atoms with Gasteiger partial charge in [0.1, 0.15) is 11.5 Å². The van der Waals surface area contributed by atoms with Crippen molar-refractivity contribution in [2.24, 2.45) is 11.1 Å². The summed E-state index contributed by atoms with van der Waals surface area (Å²) in [6, 6.07) is 4.44. The number of phenols is 1. The fourth-order valence-electron chi connectivity index (χ4n) is 1.48. The fourth-order valence-corrected chi connectivity index (χ4v) is 1.48. The molecule has 16 heavy (non-hydrogen) atoms. The predicted molar refractivity (Wildman–Crippen MR) is 62.5 cm³/mol. The molecule has 1 rings (SSSR count). The average Bonchev–Trinajstić information content (AvgIpc) is 2.27. The molecule has 0 heterocycles. The first-order valence-corrected chi connectivity index (χ1v) is 5.15. The van der Waals surface area contributed by atoms with E-state index in [4.69, 9.17) is 10.5 Å². The van der Waals surface area contributed by atoms with E-state index in [0.29, 0.717) is 5.75 Å². The summed E-state index contributed by atoms with van der Waals surface area (Å²) in [5.41, 5.74) is 6.43. The Morgan fingerprint density at radius 3 is 2.56 bits per heavy atom. The van der Waals surface area contributed by atoms with Crippen LogP contribution in [0.4, 0.5) is 0 Å². The van der Waals surface area contributed by atoms with Gasteiger partial charge in [0.2, 0.25) is 0 Å². The molecule has 0 fully saturated rings. The highest BCUT2D eigenvalue weighted by Gasteiger charge is 2.29. The molecular formula is C12H19NO3. The second-order valence-electron chi connectivity index (χ2n) is 4.55. The standard InChI is InChI=1S/C12H19NO3/c1-12(2,7-14)11(13)9-5-4-8(15)6-10(9)16-3/h4-6,11,14-15H,7,13H2,1-3H3/t11-/m1/s1. The van der Waals surface area contributed by atoms with Gasteiger partial charge in [-0.3, -0.25) is 0 Å². The Bertz CT molecular complexity index is 363. The van der Waals surface area contributed by atoms with E-state index >= 15 is 0 Å². The number of nitrogens with two attached hydrogens (primary N) is 1. The molecule has 1 atom stereocenters. The van der Waals surface area contributed by atoms with Gasteiger partial charge in [0, 0.05) is 29.7 Å². The van der Waals surface area contributed by atoms with E-state index < -0.39 is 5.41 Å². The highest BCUT2D eigenvalue weighted by atomic mass is 16.5. The number of phenolic OH excluding ortho intramolecular Hbond substituents is 1. The topological polar surface area (TPSA) is 75.7 Å². The number of hydrogen-bond donors (Lipinski definition) is 3. The third-order valence-corrected chi connectivity index (χ3v) is 2.80. The molecule has 0 aromatic heterocycles. The number of aliphatic hydroxyl groups excluding tert-OH is 1. The highest BCUT2D eigenvalue weighted by molar-refractivity contribution is 5.42. The smallest absolute Gasteiger partial charge is 0.127 e. The van der Waals surface area contributed by atoms with Gasteiger partial charge in [0.15, 0.2) is 0 Å². The Morgan fingerprint density at radius 1 is 1.44 bits per heavy atom. The summed E-state index contributed by atoms with van der Waals surface area (Å²) >= 11 is 0. The fraction of sp³-hybridized carbons (Fsp3) is 0.500. The van der Waals surface area contributed by atoms with Crippen molar-refractivity contribution >= 4 is 0 Å². The summed E-state index contributed by atoms with van der Waals surface area (Å²) in [4.78, 5) is 0. The lowest BCUT2D eigenvalue weighted by Crippen LogP contribution is -2.32. The Hall–Kier alpha value is -1.26. The van der Waals surface area contributed by atoms with Crippen LogP contribution < -0.4 is 10.5 Å². The minimum Gasteiger partial charge on any atom is -0.508 e. The summed E-state index contributed by atoms with van der Waals surface area (Å²) in [5, 5.41) is 18.6. The first-order valence-electron chi connectivity index (χ1n) is 5.15. The molecule has 0 aliphatic carbocycles. The van der Waals surface area contributed by atoms with Crippen LogP contribution in [0, 0.1) is 5.41 Å². The first-order chi connectivity index (χ1) is 7.42. The van der Waals surface area contributed by atoms with Crippen molar-refractivity contribution in [2.45, 2.75) is 19.9 Å². The van der Waals surface area contributed by atoms with Crippen molar-refractivity contribution in [3.05, 3.63) is 23.8 Å². The van der Waals surface area contributed by atoms with E-state index in [0.717, 1.165) is 5.56 Å². The van der Waals surface area contributed by atoms with Crippen LogP contribution in [0.25, 0.3) is 0 Å². The third kappa shape index (κ3) is 2.46. The van der Waals surface area contributed by atoms with Gasteiger partial charge in [-0.05, 0) is 6.07 Å². The summed E-state index contributed by atoms with van der Waals surface area (Å²) in [6.07, 6.45) is 0. The van der Waals surface area contributed by atoms with Crippen LogP contribution in [-0.2, 0) is 0 Å². The maximum absolute atomic E-state index is 9.34. The molecule has 4 heteroatoms. The molecule has 0 aliphatic rings. The normalized spacial score (nSPS) is 13.6. The lowest BCUT2D eigenvalue weighted by molar-refractivity contribution is 0.131. The molecule has 0 aliphatic heterocycles. The summed E-state index contributed by atoms with van der Waals surface area (Å²) in [5.74, 6) is 0.670. The van der Waals surface area contributed by atoms with Gasteiger partial charge in [-0.2, -0.15) is 0 Å². The van der Waals surface area contributed by atoms with Gasteiger partial charge in [-0.25, -0.2) is 0 Å². The monoisotopic (exact) mass is 225 g/mol. The van der Waals surface area contributed by atoms with Crippen LogP contribution in [0.3, 0.4) is 0 Å².